The van der Waals surface area contributed by atoms with Crippen LogP contribution in [0.15, 0.2) is 54.6 Å². The lowest BCUT2D eigenvalue weighted by Gasteiger charge is -2.22. The topological polar surface area (TPSA) is 227 Å². The van der Waals surface area contributed by atoms with Crippen LogP contribution >= 0.6 is 0 Å². The summed E-state index contributed by atoms with van der Waals surface area (Å²) in [4.78, 5) is 84.1. The molecule has 4 aromatic rings. The van der Waals surface area contributed by atoms with Crippen molar-refractivity contribution in [1.82, 2.24) is 20.5 Å². The number of nitrogens with one attached hydrogen (secondary N) is 5. The largest absolute Gasteiger partial charge is 0.448 e. The van der Waals surface area contributed by atoms with Gasteiger partial charge >= 0.3 is 6.09 Å². The van der Waals surface area contributed by atoms with E-state index in [1.165, 1.54) is 23.1 Å². The van der Waals surface area contributed by atoms with Crippen LogP contribution in [0, 0.1) is 19.7 Å². The Balaban J connectivity index is 0.00000988. The Kier molecular flexibility index (Phi) is 20.2. The summed E-state index contributed by atoms with van der Waals surface area (Å²) in [7, 11) is 1.63. The van der Waals surface area contributed by atoms with Crippen LogP contribution in [-0.4, -0.2) is 130 Å². The first kappa shape index (κ1) is 54.6. The minimum absolute atomic E-state index is 0. The number of carbonyl (C=O) groups is 6. The fourth-order valence-electron chi connectivity index (χ4n) is 8.93. The normalized spacial score (nSPS) is 14.3. The molecule has 2 aliphatic rings. The van der Waals surface area contributed by atoms with E-state index in [0.29, 0.717) is 97.3 Å². The Morgan fingerprint density at radius 1 is 0.903 bits per heavy atom. The summed E-state index contributed by atoms with van der Waals surface area (Å²) in [5, 5.41) is 20.6. The summed E-state index contributed by atoms with van der Waals surface area (Å²) in [6.45, 7) is 9.85. The van der Waals surface area contributed by atoms with E-state index in [-0.39, 0.29) is 94.6 Å². The van der Waals surface area contributed by atoms with Crippen molar-refractivity contribution in [2.24, 2.45) is 0 Å². The minimum atomic E-state index is -0.609. The number of nitrogens with zero attached hydrogens (tertiary/aromatic N) is 1. The number of halogens is 1. The van der Waals surface area contributed by atoms with Crippen LogP contribution in [0.4, 0.5) is 20.6 Å². The number of aliphatic hydroxyl groups is 1. The standard InChI is InChI=1S/C54H67FN6O11.H2/c1-6-61(23-21-57-53(67)50-34(3)46(58-35(50)4)31-43-42-29-36(55)16-19-45(42)60-52(43)66)54(68)72-32-44-38-11-7-12-40(47(63)13-9-27-71-33(2)20-24-62)51(38)39-18-17-37(30-41(39)44)59-49(65)15-8-14-48(64)56-22-28-70-26-10-25-69-5;/h7,11-12,16-19,29-31,33,44,58,62H,6,8-10,13-15,20-28,32H2,1-5H3,(H,56,64)(H,57,67)(H,59,65)(H,60,66);1H/b43-31-;. The lowest BCUT2D eigenvalue weighted by Crippen LogP contribution is -2.39. The fourth-order valence-corrected chi connectivity index (χ4v) is 8.93. The first-order chi connectivity index (χ1) is 34.7. The van der Waals surface area contributed by atoms with Crippen molar-refractivity contribution in [3.05, 3.63) is 105 Å². The molecule has 1 aromatic heterocycles. The van der Waals surface area contributed by atoms with E-state index >= 15 is 0 Å². The molecule has 0 radical (unpaired) electrons. The summed E-state index contributed by atoms with van der Waals surface area (Å²) >= 11 is 0. The lowest BCUT2D eigenvalue weighted by molar-refractivity contribution is -0.121. The number of fused-ring (bicyclic) bond motifs is 4. The number of benzene rings is 3. The molecule has 388 valence electrons. The smallest absolute Gasteiger partial charge is 0.409 e. The average Bonchev–Trinajstić information content (AvgIpc) is 3.95. The molecule has 6 rings (SSSR count). The number of aliphatic hydroxyl groups excluding tert-OH is 1. The number of rotatable bonds is 28. The molecule has 0 bridgehead atoms. The second-order valence-electron chi connectivity index (χ2n) is 17.8. The van der Waals surface area contributed by atoms with Crippen molar-refractivity contribution in [1.29, 1.82) is 0 Å². The number of aryl methyl sites for hydroxylation is 1. The number of Topliss-reactive ketones (excluding diaryl/α,β-unsaturated/α-hetero) is 1. The molecule has 72 heavy (non-hydrogen) atoms. The predicted octanol–water partition coefficient (Wildman–Crippen LogP) is 7.54. The van der Waals surface area contributed by atoms with Crippen molar-refractivity contribution in [2.75, 3.05) is 83.6 Å². The van der Waals surface area contributed by atoms with Crippen molar-refractivity contribution < 1.29 is 58.6 Å². The van der Waals surface area contributed by atoms with Gasteiger partial charge in [0.25, 0.3) is 11.8 Å². The van der Waals surface area contributed by atoms with Gasteiger partial charge in [0.15, 0.2) is 5.78 Å². The van der Waals surface area contributed by atoms with Crippen LogP contribution in [0.3, 0.4) is 0 Å². The quantitative estimate of drug-likeness (QED) is 0.0185. The van der Waals surface area contributed by atoms with Crippen molar-refractivity contribution in [3.8, 4) is 11.1 Å². The number of hydrogen-bond donors (Lipinski definition) is 6. The maximum Gasteiger partial charge on any atom is 0.409 e. The lowest BCUT2D eigenvalue weighted by atomic mass is 9.93. The molecule has 3 aromatic carbocycles. The fraction of sp³-hybridized carbons (Fsp3) is 0.444. The minimum Gasteiger partial charge on any atom is -0.448 e. The van der Waals surface area contributed by atoms with E-state index < -0.39 is 17.8 Å². The van der Waals surface area contributed by atoms with Gasteiger partial charge in [-0.05, 0) is 118 Å². The number of aromatic amines is 1. The summed E-state index contributed by atoms with van der Waals surface area (Å²) in [6.07, 6.45) is 3.45. The number of likely N-dealkylation sites (N-methyl/N-ethyl adjacent to an activating group) is 1. The number of amides is 5. The summed E-state index contributed by atoms with van der Waals surface area (Å²) in [6, 6.07) is 15.0. The van der Waals surface area contributed by atoms with Crippen molar-refractivity contribution in [3.63, 3.8) is 0 Å². The van der Waals surface area contributed by atoms with Gasteiger partial charge in [0.05, 0.1) is 23.8 Å². The van der Waals surface area contributed by atoms with E-state index in [0.717, 1.165) is 28.7 Å². The first-order valence-corrected chi connectivity index (χ1v) is 24.6. The highest BCUT2D eigenvalue weighted by Gasteiger charge is 2.34. The SMILES string of the molecule is CCN(CCNC(=O)c1c(C)[nH]c(/C=C2\C(=O)Nc3ccc(F)cc32)c1C)C(=O)OCC1c2cc(NC(=O)CCCC(=O)NCCOCCCOC)ccc2-c2c(C(=O)CCCOC(C)CCO)cccc21.[HH]. The number of ketones is 1. The molecule has 17 nitrogen and oxygen atoms in total. The van der Waals surface area contributed by atoms with E-state index in [2.05, 4.69) is 26.3 Å². The van der Waals surface area contributed by atoms with Crippen LogP contribution in [-0.2, 0) is 33.3 Å². The molecular weight excluding hydrogens is 928 g/mol. The highest BCUT2D eigenvalue weighted by atomic mass is 19.1. The van der Waals surface area contributed by atoms with Gasteiger partial charge in [-0.3, -0.25) is 24.0 Å². The number of methoxy groups -OCH3 is 1. The second kappa shape index (κ2) is 26.6. The number of carbonyl (C=O) groups excluding carboxylic acids is 6. The first-order valence-electron chi connectivity index (χ1n) is 24.6. The van der Waals surface area contributed by atoms with Crippen molar-refractivity contribution in [2.45, 2.75) is 84.7 Å². The highest BCUT2D eigenvalue weighted by molar-refractivity contribution is 6.35. The molecule has 2 atom stereocenters. The Morgan fingerprint density at radius 3 is 2.49 bits per heavy atom. The Hall–Kier alpha value is -6.73. The van der Waals surface area contributed by atoms with Gasteiger partial charge in [0, 0.05) is 120 Å². The van der Waals surface area contributed by atoms with Crippen molar-refractivity contribution >= 4 is 58.5 Å². The highest BCUT2D eigenvalue weighted by Crippen LogP contribution is 2.48. The molecule has 2 heterocycles. The number of anilines is 2. The van der Waals surface area contributed by atoms with E-state index in [1.807, 2.05) is 31.2 Å². The average molecular weight is 997 g/mol. The molecular formula is C54H69FN6O11. The molecule has 0 fully saturated rings. The molecule has 2 unspecified atom stereocenters. The van der Waals surface area contributed by atoms with Gasteiger partial charge in [-0.1, -0.05) is 24.3 Å². The Bertz CT molecular complexity index is 2640. The summed E-state index contributed by atoms with van der Waals surface area (Å²) in [5.74, 6) is -2.27. The van der Waals surface area contributed by atoms with E-state index in [4.69, 9.17) is 18.9 Å². The number of ether oxygens (including phenoxy) is 4. The van der Waals surface area contributed by atoms with Crippen LogP contribution in [0.5, 0.6) is 0 Å². The van der Waals surface area contributed by atoms with Crippen LogP contribution in [0.1, 0.15) is 120 Å². The molecule has 0 spiro atoms. The van der Waals surface area contributed by atoms with E-state index in [9.17, 15) is 38.3 Å². The zero-order valence-electron chi connectivity index (χ0n) is 41.8. The molecule has 0 saturated carbocycles. The molecule has 6 N–H and O–H groups in total. The Morgan fingerprint density at radius 2 is 1.71 bits per heavy atom. The third-order valence-electron chi connectivity index (χ3n) is 12.7. The third-order valence-corrected chi connectivity index (χ3v) is 12.7. The maximum absolute atomic E-state index is 14.1. The molecule has 1 aliphatic carbocycles. The van der Waals surface area contributed by atoms with Gasteiger partial charge in [-0.15, -0.1) is 0 Å². The predicted molar refractivity (Wildman–Crippen MR) is 273 cm³/mol. The third kappa shape index (κ3) is 14.2. The molecule has 1 aliphatic heterocycles. The van der Waals surface area contributed by atoms with Crippen LogP contribution in [0.2, 0.25) is 0 Å². The van der Waals surface area contributed by atoms with Gasteiger partial charge in [0.2, 0.25) is 11.8 Å². The van der Waals surface area contributed by atoms with E-state index in [1.54, 1.807) is 46.1 Å². The molecule has 5 amide bonds. The number of aromatic nitrogens is 1. The van der Waals surface area contributed by atoms with Crippen LogP contribution < -0.4 is 21.3 Å². The van der Waals surface area contributed by atoms with Gasteiger partial charge in [0.1, 0.15) is 12.4 Å². The number of H-pyrrole nitrogens is 1. The number of hydrogen-bond acceptors (Lipinski definition) is 11. The summed E-state index contributed by atoms with van der Waals surface area (Å²) < 4.78 is 36.3. The van der Waals surface area contributed by atoms with Crippen LogP contribution in [0.25, 0.3) is 22.8 Å². The maximum atomic E-state index is 14.1. The summed E-state index contributed by atoms with van der Waals surface area (Å²) in [5.41, 5.74) is 7.34. The zero-order chi connectivity index (χ0) is 51.7. The molecule has 18 heteroatoms. The zero-order valence-corrected chi connectivity index (χ0v) is 41.8. The molecule has 0 saturated heterocycles. The van der Waals surface area contributed by atoms with Gasteiger partial charge in [-0.25, -0.2) is 9.18 Å². The van der Waals surface area contributed by atoms with Gasteiger partial charge in [-0.2, -0.15) is 0 Å². The second-order valence-corrected chi connectivity index (χ2v) is 17.8. The monoisotopic (exact) mass is 997 g/mol. The Labute approximate surface area is 421 Å². The van der Waals surface area contributed by atoms with Gasteiger partial charge < -0.3 is 55.2 Å².